The highest BCUT2D eigenvalue weighted by atomic mass is 19.3. The van der Waals surface area contributed by atoms with Crippen molar-refractivity contribution in [2.24, 2.45) is 0 Å². The Morgan fingerprint density at radius 2 is 1.78 bits per heavy atom. The summed E-state index contributed by atoms with van der Waals surface area (Å²) < 4.78 is 30.0. The number of benzene rings is 1. The summed E-state index contributed by atoms with van der Waals surface area (Å²) >= 11 is 0. The van der Waals surface area contributed by atoms with Gasteiger partial charge in [-0.1, -0.05) is 12.1 Å². The molecule has 3 aromatic heterocycles. The molecule has 0 bridgehead atoms. The van der Waals surface area contributed by atoms with E-state index in [1.807, 2.05) is 0 Å². The van der Waals surface area contributed by atoms with Crippen molar-refractivity contribution in [2.75, 3.05) is 5.73 Å². The second-order valence-corrected chi connectivity index (χ2v) is 5.56. The maximum Gasteiger partial charge on any atom is 0.314 e. The second kappa shape index (κ2) is 6.86. The van der Waals surface area contributed by atoms with E-state index in [-0.39, 0.29) is 5.89 Å². The van der Waals surface area contributed by atoms with Crippen molar-refractivity contribution >= 4 is 5.82 Å². The van der Waals surface area contributed by atoms with Gasteiger partial charge in [0, 0.05) is 17.3 Å². The fourth-order valence-electron chi connectivity index (χ4n) is 2.32. The Morgan fingerprint density at radius 3 is 2.44 bits per heavy atom. The van der Waals surface area contributed by atoms with Crippen molar-refractivity contribution in [1.82, 2.24) is 35.4 Å². The van der Waals surface area contributed by atoms with Crippen LogP contribution in [-0.4, -0.2) is 35.4 Å². The van der Waals surface area contributed by atoms with Crippen LogP contribution >= 0.6 is 0 Å². The summed E-state index contributed by atoms with van der Waals surface area (Å²) in [6, 6.07) is 10.4. The quantitative estimate of drug-likeness (QED) is 0.568. The Labute approximate surface area is 150 Å². The van der Waals surface area contributed by atoms with Gasteiger partial charge in [-0.25, -0.2) is 4.98 Å². The van der Waals surface area contributed by atoms with E-state index < -0.39 is 12.3 Å². The molecule has 0 unspecified atom stereocenters. The summed E-state index contributed by atoms with van der Waals surface area (Å²) in [5, 5.41) is 19.2. The van der Waals surface area contributed by atoms with Gasteiger partial charge in [0.25, 0.3) is 5.89 Å². The molecule has 0 aliphatic rings. The van der Waals surface area contributed by atoms with Gasteiger partial charge in [-0.3, -0.25) is 0 Å². The van der Waals surface area contributed by atoms with E-state index in [9.17, 15) is 8.78 Å². The maximum absolute atomic E-state index is 12.5. The van der Waals surface area contributed by atoms with Crippen LogP contribution in [0.1, 0.15) is 17.9 Å². The first-order valence-corrected chi connectivity index (χ1v) is 7.79. The van der Waals surface area contributed by atoms with Gasteiger partial charge in [0.05, 0.1) is 6.54 Å². The largest absolute Gasteiger partial charge is 0.415 e. The molecular weight excluding hydrogens is 358 g/mol. The van der Waals surface area contributed by atoms with Gasteiger partial charge in [-0.05, 0) is 35.0 Å². The first-order chi connectivity index (χ1) is 13.1. The molecule has 0 atom stereocenters. The van der Waals surface area contributed by atoms with E-state index in [0.717, 1.165) is 5.56 Å². The van der Waals surface area contributed by atoms with Crippen molar-refractivity contribution in [1.29, 1.82) is 0 Å². The first kappa shape index (κ1) is 16.7. The average molecular weight is 370 g/mol. The predicted octanol–water partition coefficient (Wildman–Crippen LogP) is 2.35. The molecule has 3 heterocycles. The second-order valence-electron chi connectivity index (χ2n) is 5.56. The predicted molar refractivity (Wildman–Crippen MR) is 89.3 cm³/mol. The SMILES string of the molecule is Nc1ccc(-c2nnn(Cc3ccc(-c4nnc(C(F)F)o4)cc3)n2)cn1. The van der Waals surface area contributed by atoms with E-state index in [4.69, 9.17) is 10.2 Å². The highest BCUT2D eigenvalue weighted by Crippen LogP contribution is 2.23. The molecule has 2 N–H and O–H groups in total. The van der Waals surface area contributed by atoms with Gasteiger partial charge in [0.2, 0.25) is 11.7 Å². The number of pyridine rings is 1. The molecule has 4 aromatic rings. The van der Waals surface area contributed by atoms with Crippen LogP contribution < -0.4 is 5.73 Å². The first-order valence-electron chi connectivity index (χ1n) is 7.79. The Bertz CT molecular complexity index is 1040. The lowest BCUT2D eigenvalue weighted by Crippen LogP contribution is -2.04. The normalized spacial score (nSPS) is 11.2. The smallest absolute Gasteiger partial charge is 0.314 e. The van der Waals surface area contributed by atoms with Crippen LogP contribution in [0.25, 0.3) is 22.8 Å². The van der Waals surface area contributed by atoms with Crippen LogP contribution in [0.15, 0.2) is 47.0 Å². The van der Waals surface area contributed by atoms with Crippen LogP contribution in [0.4, 0.5) is 14.6 Å². The fraction of sp³-hybridized carbons (Fsp3) is 0.125. The van der Waals surface area contributed by atoms with Crippen LogP contribution in [-0.2, 0) is 6.54 Å². The minimum atomic E-state index is -2.80. The molecule has 0 saturated heterocycles. The number of nitrogen functional groups attached to an aromatic ring is 1. The van der Waals surface area contributed by atoms with E-state index in [1.165, 1.54) is 4.80 Å². The number of rotatable bonds is 5. The van der Waals surface area contributed by atoms with Gasteiger partial charge in [-0.15, -0.1) is 20.4 Å². The van der Waals surface area contributed by atoms with Crippen molar-refractivity contribution in [3.63, 3.8) is 0 Å². The maximum atomic E-state index is 12.5. The van der Waals surface area contributed by atoms with Crippen LogP contribution in [0.5, 0.6) is 0 Å². The molecule has 1 aromatic carbocycles. The van der Waals surface area contributed by atoms with Crippen molar-refractivity contribution < 1.29 is 13.2 Å². The van der Waals surface area contributed by atoms with Crippen molar-refractivity contribution in [3.8, 4) is 22.8 Å². The third-order valence-corrected chi connectivity index (χ3v) is 3.65. The molecule has 0 aliphatic carbocycles. The lowest BCUT2D eigenvalue weighted by Gasteiger charge is -2.01. The zero-order valence-electron chi connectivity index (χ0n) is 13.7. The molecule has 136 valence electrons. The molecule has 0 radical (unpaired) electrons. The standard InChI is InChI=1S/C16H12F2N8O/c17-13(18)16-23-22-15(27-16)10-3-1-9(2-4-10)8-26-24-14(21-25-26)11-5-6-12(19)20-7-11/h1-7,13H,8H2,(H2,19,20). The topological polar surface area (TPSA) is 121 Å². The molecule has 0 aliphatic heterocycles. The lowest BCUT2D eigenvalue weighted by molar-refractivity contribution is 0.116. The Morgan fingerprint density at radius 1 is 1.00 bits per heavy atom. The Hall–Kier alpha value is -3.76. The summed E-state index contributed by atoms with van der Waals surface area (Å²) in [6.07, 6.45) is -1.22. The number of nitrogens with two attached hydrogens (primary N) is 1. The number of hydrogen-bond acceptors (Lipinski definition) is 8. The van der Waals surface area contributed by atoms with E-state index in [2.05, 4.69) is 30.6 Å². The Kier molecular flexibility index (Phi) is 4.24. The van der Waals surface area contributed by atoms with Gasteiger partial charge in [0.1, 0.15) is 5.82 Å². The zero-order valence-corrected chi connectivity index (χ0v) is 13.7. The molecule has 27 heavy (non-hydrogen) atoms. The van der Waals surface area contributed by atoms with Gasteiger partial charge >= 0.3 is 6.43 Å². The molecular formula is C16H12F2N8O. The van der Waals surface area contributed by atoms with Crippen LogP contribution in [0.3, 0.4) is 0 Å². The van der Waals surface area contributed by atoms with E-state index >= 15 is 0 Å². The third-order valence-electron chi connectivity index (χ3n) is 3.65. The van der Waals surface area contributed by atoms with E-state index in [1.54, 1.807) is 42.6 Å². The van der Waals surface area contributed by atoms with Crippen molar-refractivity contribution in [3.05, 3.63) is 54.0 Å². The summed E-state index contributed by atoms with van der Waals surface area (Å²) in [4.78, 5) is 5.43. The fourth-order valence-corrected chi connectivity index (χ4v) is 2.32. The van der Waals surface area contributed by atoms with Gasteiger partial charge < -0.3 is 10.2 Å². The Balaban J connectivity index is 1.48. The number of nitrogens with zero attached hydrogens (tertiary/aromatic N) is 7. The highest BCUT2D eigenvalue weighted by Gasteiger charge is 2.17. The highest BCUT2D eigenvalue weighted by molar-refractivity contribution is 5.54. The summed E-state index contributed by atoms with van der Waals surface area (Å²) in [5.74, 6) is 0.178. The number of anilines is 1. The summed E-state index contributed by atoms with van der Waals surface area (Å²) in [5.41, 5.74) is 7.68. The number of halogens is 2. The number of tetrazole rings is 1. The van der Waals surface area contributed by atoms with Crippen LogP contribution in [0, 0.1) is 0 Å². The van der Waals surface area contributed by atoms with Gasteiger partial charge in [0.15, 0.2) is 0 Å². The summed E-state index contributed by atoms with van der Waals surface area (Å²) in [6.45, 7) is 0.377. The molecule has 11 heteroatoms. The van der Waals surface area contributed by atoms with Gasteiger partial charge in [-0.2, -0.15) is 13.6 Å². The minimum absolute atomic E-state index is 0.0360. The number of hydrogen-bond donors (Lipinski definition) is 1. The lowest BCUT2D eigenvalue weighted by atomic mass is 10.1. The third kappa shape index (κ3) is 3.61. The average Bonchev–Trinajstić information content (AvgIpc) is 3.33. The van der Waals surface area contributed by atoms with Crippen molar-refractivity contribution in [2.45, 2.75) is 13.0 Å². The number of alkyl halides is 2. The monoisotopic (exact) mass is 370 g/mol. The summed E-state index contributed by atoms with van der Waals surface area (Å²) in [7, 11) is 0. The molecule has 0 amide bonds. The van der Waals surface area contributed by atoms with Crippen LogP contribution in [0.2, 0.25) is 0 Å². The minimum Gasteiger partial charge on any atom is -0.415 e. The molecule has 0 saturated carbocycles. The zero-order chi connectivity index (χ0) is 18.8. The molecule has 4 rings (SSSR count). The number of aromatic nitrogens is 7. The molecule has 9 nitrogen and oxygen atoms in total. The molecule has 0 spiro atoms. The molecule has 0 fully saturated rings. The van der Waals surface area contributed by atoms with E-state index in [0.29, 0.717) is 29.3 Å².